The first-order valence-corrected chi connectivity index (χ1v) is 7.42. The number of carbonyl (C=O) groups is 4. The molecule has 0 aromatic rings. The third kappa shape index (κ3) is 5.80. The zero-order valence-corrected chi connectivity index (χ0v) is 14.3. The first-order valence-electron chi connectivity index (χ1n) is 7.42. The highest BCUT2D eigenvalue weighted by molar-refractivity contribution is 5.68. The molecule has 0 aromatic heterocycles. The van der Waals surface area contributed by atoms with E-state index in [-0.39, 0.29) is 6.61 Å². The summed E-state index contributed by atoms with van der Waals surface area (Å²) in [5.74, 6) is -2.44. The van der Waals surface area contributed by atoms with Crippen molar-refractivity contribution in [2.75, 3.05) is 6.61 Å². The Bertz CT molecular complexity index is 501. The van der Waals surface area contributed by atoms with Gasteiger partial charge in [0.2, 0.25) is 0 Å². The molecule has 1 saturated heterocycles. The second-order valence-corrected chi connectivity index (χ2v) is 5.40. The van der Waals surface area contributed by atoms with Crippen LogP contribution >= 0.6 is 0 Å². The highest BCUT2D eigenvalue weighted by atomic mass is 16.7. The summed E-state index contributed by atoms with van der Waals surface area (Å²) >= 11 is 0. The number of rotatable bonds is 5. The van der Waals surface area contributed by atoms with E-state index in [4.69, 9.17) is 23.7 Å². The molecule has 5 atom stereocenters. The van der Waals surface area contributed by atoms with E-state index in [2.05, 4.69) is 0 Å². The zero-order valence-electron chi connectivity index (χ0n) is 14.3. The summed E-state index contributed by atoms with van der Waals surface area (Å²) < 4.78 is 26.1. The second-order valence-electron chi connectivity index (χ2n) is 5.40. The van der Waals surface area contributed by atoms with Gasteiger partial charge in [-0.2, -0.15) is 0 Å². The van der Waals surface area contributed by atoms with Gasteiger partial charge in [0, 0.05) is 27.7 Å². The van der Waals surface area contributed by atoms with Crippen LogP contribution in [0.4, 0.5) is 0 Å². The minimum absolute atomic E-state index is 0.206. The van der Waals surface area contributed by atoms with E-state index in [9.17, 15) is 19.2 Å². The molecule has 1 fully saturated rings. The number of carbonyl (C=O) groups excluding carboxylic acids is 4. The third-order valence-corrected chi connectivity index (χ3v) is 3.22. The molecule has 1 aliphatic heterocycles. The minimum atomic E-state index is -1.09. The molecule has 0 saturated carbocycles. The van der Waals surface area contributed by atoms with Crippen LogP contribution in [0, 0.1) is 0 Å². The Kier molecular flexibility index (Phi) is 7.15. The van der Waals surface area contributed by atoms with Crippen LogP contribution in [0.15, 0.2) is 0 Å². The van der Waals surface area contributed by atoms with E-state index in [1.54, 1.807) is 6.92 Å². The van der Waals surface area contributed by atoms with Gasteiger partial charge in [0.05, 0.1) is 6.10 Å². The van der Waals surface area contributed by atoms with Crippen molar-refractivity contribution in [3.05, 3.63) is 0 Å². The summed E-state index contributed by atoms with van der Waals surface area (Å²) in [5, 5.41) is 0. The van der Waals surface area contributed by atoms with Gasteiger partial charge >= 0.3 is 23.9 Å². The number of hydrogen-bond donors (Lipinski definition) is 0. The Labute approximate surface area is 139 Å². The Hall–Kier alpha value is -2.16. The van der Waals surface area contributed by atoms with E-state index in [1.165, 1.54) is 27.7 Å². The zero-order chi connectivity index (χ0) is 18.4. The van der Waals surface area contributed by atoms with Crippen molar-refractivity contribution in [1.82, 2.24) is 0 Å². The van der Waals surface area contributed by atoms with Crippen LogP contribution in [-0.4, -0.2) is 61.0 Å². The molecule has 0 radical (unpaired) electrons. The fraction of sp³-hybridized carbons (Fsp3) is 0.733. The normalized spacial score (nSPS) is 29.3. The fourth-order valence-electron chi connectivity index (χ4n) is 2.44. The lowest BCUT2D eigenvalue weighted by molar-refractivity contribution is -0.249. The van der Waals surface area contributed by atoms with Crippen molar-refractivity contribution in [2.45, 2.75) is 65.1 Å². The molecule has 0 spiro atoms. The maximum Gasteiger partial charge on any atom is 0.303 e. The molecule has 0 amide bonds. The minimum Gasteiger partial charge on any atom is -0.463 e. The highest BCUT2D eigenvalue weighted by Crippen LogP contribution is 2.28. The summed E-state index contributed by atoms with van der Waals surface area (Å²) in [5.41, 5.74) is 0. The summed E-state index contributed by atoms with van der Waals surface area (Å²) in [6.07, 6.45) is -4.69. The number of ether oxygens (including phenoxy) is 5. The van der Waals surface area contributed by atoms with E-state index >= 15 is 0 Å². The molecule has 5 unspecified atom stereocenters. The lowest BCUT2D eigenvalue weighted by atomic mass is 9.95. The van der Waals surface area contributed by atoms with Gasteiger partial charge in [-0.05, 0) is 6.92 Å². The van der Waals surface area contributed by atoms with Gasteiger partial charge in [0.1, 0.15) is 12.7 Å². The molecule has 24 heavy (non-hydrogen) atoms. The lowest BCUT2D eigenvalue weighted by Gasteiger charge is -2.43. The number of esters is 4. The van der Waals surface area contributed by atoms with E-state index < -0.39 is 54.4 Å². The van der Waals surface area contributed by atoms with Gasteiger partial charge < -0.3 is 23.7 Å². The molecular formula is C15H22O9. The van der Waals surface area contributed by atoms with E-state index in [0.29, 0.717) is 0 Å². The quantitative estimate of drug-likeness (QED) is 0.506. The third-order valence-electron chi connectivity index (χ3n) is 3.22. The second kappa shape index (κ2) is 8.62. The number of hydrogen-bond acceptors (Lipinski definition) is 9. The molecule has 1 heterocycles. The van der Waals surface area contributed by atoms with Crippen molar-refractivity contribution in [2.24, 2.45) is 0 Å². The van der Waals surface area contributed by atoms with E-state index in [0.717, 1.165) is 0 Å². The Morgan fingerprint density at radius 2 is 1.21 bits per heavy atom. The maximum absolute atomic E-state index is 11.4. The van der Waals surface area contributed by atoms with Crippen LogP contribution in [0.1, 0.15) is 34.6 Å². The Morgan fingerprint density at radius 1 is 0.750 bits per heavy atom. The van der Waals surface area contributed by atoms with Gasteiger partial charge in [0.15, 0.2) is 18.3 Å². The Balaban J connectivity index is 3.11. The van der Waals surface area contributed by atoms with Crippen molar-refractivity contribution < 1.29 is 42.9 Å². The SMILES string of the molecule is CC(=O)OCC1OC(C)C(OC(C)=O)C(OC(C)=O)C1OC(C)=O. The molecular weight excluding hydrogens is 324 g/mol. The van der Waals surface area contributed by atoms with Gasteiger partial charge in [-0.25, -0.2) is 0 Å². The van der Waals surface area contributed by atoms with Crippen LogP contribution in [0.25, 0.3) is 0 Å². The molecule has 0 bridgehead atoms. The molecule has 9 heteroatoms. The van der Waals surface area contributed by atoms with Crippen molar-refractivity contribution >= 4 is 23.9 Å². The molecule has 1 aliphatic rings. The first-order chi connectivity index (χ1) is 11.1. The van der Waals surface area contributed by atoms with Crippen LogP contribution in [0.5, 0.6) is 0 Å². The predicted octanol–water partition coefficient (Wildman–Crippen LogP) is 0.132. The molecule has 9 nitrogen and oxygen atoms in total. The van der Waals surface area contributed by atoms with Gasteiger partial charge in [-0.15, -0.1) is 0 Å². The summed E-state index contributed by atoms with van der Waals surface area (Å²) in [6.45, 7) is 6.17. The average Bonchev–Trinajstić information content (AvgIpc) is 2.42. The van der Waals surface area contributed by atoms with E-state index in [1.807, 2.05) is 0 Å². The smallest absolute Gasteiger partial charge is 0.303 e. The molecule has 136 valence electrons. The monoisotopic (exact) mass is 346 g/mol. The van der Waals surface area contributed by atoms with Crippen LogP contribution < -0.4 is 0 Å². The molecule has 0 aromatic carbocycles. The lowest BCUT2D eigenvalue weighted by Crippen LogP contribution is -2.61. The maximum atomic E-state index is 11.4. The van der Waals surface area contributed by atoms with Crippen LogP contribution in [0.2, 0.25) is 0 Å². The highest BCUT2D eigenvalue weighted by Gasteiger charge is 2.50. The van der Waals surface area contributed by atoms with Gasteiger partial charge in [-0.3, -0.25) is 19.2 Å². The van der Waals surface area contributed by atoms with Gasteiger partial charge in [-0.1, -0.05) is 0 Å². The first kappa shape index (κ1) is 19.9. The topological polar surface area (TPSA) is 114 Å². The molecule has 1 rings (SSSR count). The van der Waals surface area contributed by atoms with Crippen LogP contribution in [0.3, 0.4) is 0 Å². The fourth-order valence-corrected chi connectivity index (χ4v) is 2.44. The summed E-state index contributed by atoms with van der Waals surface area (Å²) in [4.78, 5) is 45.2. The Morgan fingerprint density at radius 3 is 1.67 bits per heavy atom. The van der Waals surface area contributed by atoms with Crippen molar-refractivity contribution in [3.8, 4) is 0 Å². The molecule has 0 aliphatic carbocycles. The van der Waals surface area contributed by atoms with Gasteiger partial charge in [0.25, 0.3) is 0 Å². The molecule has 0 N–H and O–H groups in total. The summed E-state index contributed by atoms with van der Waals surface area (Å²) in [6, 6.07) is 0. The largest absolute Gasteiger partial charge is 0.463 e. The average molecular weight is 346 g/mol. The van der Waals surface area contributed by atoms with Crippen molar-refractivity contribution in [3.63, 3.8) is 0 Å². The standard InChI is InChI=1S/C15H22O9/c1-7-13(22-9(3)17)15(24-11(5)19)14(23-10(4)18)12(21-7)6-20-8(2)16/h7,12-15H,6H2,1-5H3. The van der Waals surface area contributed by atoms with Crippen molar-refractivity contribution in [1.29, 1.82) is 0 Å². The van der Waals surface area contributed by atoms with Crippen LogP contribution in [-0.2, 0) is 42.9 Å². The predicted molar refractivity (Wildman–Crippen MR) is 77.6 cm³/mol. The summed E-state index contributed by atoms with van der Waals surface area (Å²) in [7, 11) is 0.